The van der Waals surface area contributed by atoms with Crippen molar-refractivity contribution in [1.82, 2.24) is 10.2 Å². The molecule has 0 aromatic heterocycles. The number of aliphatic hydroxyl groups excluding tert-OH is 3. The number of hydrogen-bond donors (Lipinski definition) is 4. The molecule has 1 aromatic carbocycles. The lowest BCUT2D eigenvalue weighted by molar-refractivity contribution is -0.137. The van der Waals surface area contributed by atoms with Gasteiger partial charge in [-0.25, -0.2) is 0 Å². The van der Waals surface area contributed by atoms with E-state index >= 15 is 0 Å². The molecule has 36 heavy (non-hydrogen) atoms. The maximum Gasteiger partial charge on any atom is 0.247 e. The number of rotatable bonds is 12. The first-order valence-electron chi connectivity index (χ1n) is 12.4. The van der Waals surface area contributed by atoms with Gasteiger partial charge in [-0.15, -0.1) is 6.58 Å². The van der Waals surface area contributed by atoms with E-state index in [0.717, 1.165) is 6.42 Å². The molecule has 9 nitrogen and oxygen atoms in total. The van der Waals surface area contributed by atoms with Gasteiger partial charge in [0.1, 0.15) is 12.2 Å². The van der Waals surface area contributed by atoms with Gasteiger partial charge in [0.2, 0.25) is 11.8 Å². The maximum atomic E-state index is 13.3. The minimum absolute atomic E-state index is 0.0593. The molecule has 2 aliphatic rings. The molecule has 0 saturated heterocycles. The van der Waals surface area contributed by atoms with Gasteiger partial charge in [-0.05, 0) is 42.5 Å². The highest BCUT2D eigenvalue weighted by Crippen LogP contribution is 2.51. The molecule has 4 unspecified atom stereocenters. The maximum absolute atomic E-state index is 13.3. The first-order chi connectivity index (χ1) is 17.3. The normalized spacial score (nSPS) is 22.2. The second-order valence-electron chi connectivity index (χ2n) is 9.61. The van der Waals surface area contributed by atoms with E-state index in [1.807, 2.05) is 0 Å². The van der Waals surface area contributed by atoms with Crippen molar-refractivity contribution in [3.05, 3.63) is 47.6 Å². The van der Waals surface area contributed by atoms with E-state index in [9.17, 15) is 24.9 Å². The summed E-state index contributed by atoms with van der Waals surface area (Å²) in [6.07, 6.45) is 2.85. The standard InChI is InChI=1S/C27H38N2O7/c1-5-6-7-22(32)29(10-8-16(2)3)20-14-19(27(34)28-9-11-30)23-18-12-17(15-31)13-21(35-4)25(18)36-26(23)24(20)33/h5,12-14,16,20,23-24,26,30-31,33H,1,6-11,15H2,2-4H3,(H,28,34). The van der Waals surface area contributed by atoms with Gasteiger partial charge < -0.3 is 35.0 Å². The van der Waals surface area contributed by atoms with Crippen LogP contribution < -0.4 is 14.8 Å². The molecule has 198 valence electrons. The topological polar surface area (TPSA) is 129 Å². The number of carbonyl (C=O) groups excluding carboxylic acids is 2. The van der Waals surface area contributed by atoms with Crippen LogP contribution in [0.25, 0.3) is 0 Å². The van der Waals surface area contributed by atoms with E-state index in [2.05, 4.69) is 25.7 Å². The number of ether oxygens (including phenoxy) is 2. The Morgan fingerprint density at radius 1 is 1.31 bits per heavy atom. The molecule has 0 saturated carbocycles. The number of carbonyl (C=O) groups is 2. The number of aliphatic hydroxyl groups is 3. The second-order valence-corrected chi connectivity index (χ2v) is 9.61. The Kier molecular flexibility index (Phi) is 9.53. The molecule has 1 aliphatic heterocycles. The van der Waals surface area contributed by atoms with E-state index in [0.29, 0.717) is 47.1 Å². The summed E-state index contributed by atoms with van der Waals surface area (Å²) < 4.78 is 11.7. The zero-order chi connectivity index (χ0) is 26.4. The van der Waals surface area contributed by atoms with Crippen molar-refractivity contribution < 1.29 is 34.4 Å². The number of methoxy groups -OCH3 is 1. The molecular formula is C27H38N2O7. The third kappa shape index (κ3) is 5.74. The second kappa shape index (κ2) is 12.4. The van der Waals surface area contributed by atoms with Crippen molar-refractivity contribution in [1.29, 1.82) is 0 Å². The Balaban J connectivity index is 2.10. The lowest BCUT2D eigenvalue weighted by atomic mass is 9.77. The van der Waals surface area contributed by atoms with Crippen LogP contribution in [-0.4, -0.2) is 77.1 Å². The van der Waals surface area contributed by atoms with Gasteiger partial charge in [-0.2, -0.15) is 0 Å². The van der Waals surface area contributed by atoms with Crippen molar-refractivity contribution in [2.45, 2.75) is 63.9 Å². The number of amides is 2. The summed E-state index contributed by atoms with van der Waals surface area (Å²) in [5.41, 5.74) is 1.54. The number of hydrogen-bond acceptors (Lipinski definition) is 7. The Morgan fingerprint density at radius 3 is 2.67 bits per heavy atom. The monoisotopic (exact) mass is 502 g/mol. The molecule has 3 rings (SSSR count). The molecule has 1 aromatic rings. The number of nitrogens with zero attached hydrogens (tertiary/aromatic N) is 1. The molecule has 0 radical (unpaired) electrons. The Morgan fingerprint density at radius 2 is 2.06 bits per heavy atom. The molecular weight excluding hydrogens is 464 g/mol. The molecule has 0 spiro atoms. The lowest BCUT2D eigenvalue weighted by Gasteiger charge is -2.41. The Labute approximate surface area is 212 Å². The molecule has 1 aliphatic carbocycles. The van der Waals surface area contributed by atoms with Crippen LogP contribution in [0.2, 0.25) is 0 Å². The zero-order valence-electron chi connectivity index (χ0n) is 21.3. The molecule has 0 bridgehead atoms. The third-order valence-corrected chi connectivity index (χ3v) is 6.68. The molecule has 1 heterocycles. The summed E-state index contributed by atoms with van der Waals surface area (Å²) in [7, 11) is 1.48. The average Bonchev–Trinajstić information content (AvgIpc) is 3.26. The molecule has 2 amide bonds. The van der Waals surface area contributed by atoms with E-state index in [1.54, 1.807) is 29.2 Å². The summed E-state index contributed by atoms with van der Waals surface area (Å²) in [6, 6.07) is 2.62. The van der Waals surface area contributed by atoms with Gasteiger partial charge in [-0.1, -0.05) is 19.9 Å². The minimum Gasteiger partial charge on any atom is -0.493 e. The van der Waals surface area contributed by atoms with E-state index in [1.165, 1.54) is 7.11 Å². The SMILES string of the molecule is C=CCCC(=O)N(CCC(C)C)C1C=C(C(=O)NCCO)C2c3cc(CO)cc(OC)c3OC2C1O. The predicted octanol–water partition coefficient (Wildman–Crippen LogP) is 1.65. The minimum atomic E-state index is -1.11. The van der Waals surface area contributed by atoms with Crippen molar-refractivity contribution >= 4 is 11.8 Å². The first-order valence-corrected chi connectivity index (χ1v) is 12.4. The molecule has 9 heteroatoms. The van der Waals surface area contributed by atoms with Crippen LogP contribution in [0.3, 0.4) is 0 Å². The predicted molar refractivity (Wildman–Crippen MR) is 135 cm³/mol. The van der Waals surface area contributed by atoms with Crippen molar-refractivity contribution in [3.63, 3.8) is 0 Å². The summed E-state index contributed by atoms with van der Waals surface area (Å²) in [4.78, 5) is 28.1. The summed E-state index contributed by atoms with van der Waals surface area (Å²) in [6.45, 7) is 7.84. The molecule has 4 atom stereocenters. The van der Waals surface area contributed by atoms with Crippen LogP contribution in [0.5, 0.6) is 11.5 Å². The highest BCUT2D eigenvalue weighted by Gasteiger charge is 2.51. The van der Waals surface area contributed by atoms with Crippen LogP contribution in [-0.2, 0) is 16.2 Å². The first kappa shape index (κ1) is 27.7. The lowest BCUT2D eigenvalue weighted by Crippen LogP contribution is -2.56. The van der Waals surface area contributed by atoms with Crippen molar-refractivity contribution in [2.24, 2.45) is 5.92 Å². The number of benzene rings is 1. The van der Waals surface area contributed by atoms with Crippen LogP contribution in [0.1, 0.15) is 50.2 Å². The van der Waals surface area contributed by atoms with Gasteiger partial charge in [0, 0.05) is 30.6 Å². The van der Waals surface area contributed by atoms with Gasteiger partial charge in [0.15, 0.2) is 11.5 Å². The summed E-state index contributed by atoms with van der Waals surface area (Å²) in [5, 5.41) is 33.3. The van der Waals surface area contributed by atoms with Gasteiger partial charge in [0.05, 0.1) is 32.3 Å². The molecule has 0 fully saturated rings. The number of allylic oxidation sites excluding steroid dienone is 1. The fourth-order valence-corrected chi connectivity index (χ4v) is 4.83. The van der Waals surface area contributed by atoms with E-state index in [4.69, 9.17) is 9.47 Å². The fraction of sp³-hybridized carbons (Fsp3) is 0.556. The van der Waals surface area contributed by atoms with Crippen molar-refractivity contribution in [2.75, 3.05) is 26.8 Å². The van der Waals surface area contributed by atoms with Gasteiger partial charge >= 0.3 is 0 Å². The fourth-order valence-electron chi connectivity index (χ4n) is 4.83. The van der Waals surface area contributed by atoms with E-state index < -0.39 is 30.1 Å². The number of fused-ring (bicyclic) bond motifs is 3. The number of nitrogens with one attached hydrogen (secondary N) is 1. The third-order valence-electron chi connectivity index (χ3n) is 6.68. The van der Waals surface area contributed by atoms with Crippen molar-refractivity contribution in [3.8, 4) is 11.5 Å². The quantitative estimate of drug-likeness (QED) is 0.320. The average molecular weight is 503 g/mol. The Hall–Kier alpha value is -2.88. The smallest absolute Gasteiger partial charge is 0.247 e. The van der Waals surface area contributed by atoms with Gasteiger partial charge in [-0.3, -0.25) is 9.59 Å². The van der Waals surface area contributed by atoms with Crippen LogP contribution in [0.15, 0.2) is 36.4 Å². The van der Waals surface area contributed by atoms with Crippen LogP contribution in [0, 0.1) is 5.92 Å². The largest absolute Gasteiger partial charge is 0.493 e. The van der Waals surface area contributed by atoms with Crippen LogP contribution in [0.4, 0.5) is 0 Å². The highest BCUT2D eigenvalue weighted by molar-refractivity contribution is 5.96. The summed E-state index contributed by atoms with van der Waals surface area (Å²) >= 11 is 0. The molecule has 4 N–H and O–H groups in total. The summed E-state index contributed by atoms with van der Waals surface area (Å²) in [5.74, 6) is -0.0677. The highest BCUT2D eigenvalue weighted by atomic mass is 16.5. The zero-order valence-corrected chi connectivity index (χ0v) is 21.3. The Bertz CT molecular complexity index is 991. The van der Waals surface area contributed by atoms with E-state index in [-0.39, 0.29) is 32.1 Å². The van der Waals surface area contributed by atoms with Crippen LogP contribution >= 0.6 is 0 Å². The van der Waals surface area contributed by atoms with Gasteiger partial charge in [0.25, 0.3) is 0 Å².